The van der Waals surface area contributed by atoms with Crippen LogP contribution in [0.2, 0.25) is 5.02 Å². The molecule has 0 spiro atoms. The standard InChI is InChI=1S/C11H13ClN4/c1-15-5-2-3-9(15)11-14-13-10-7-8(12)4-6-16(10)11/h4,6-7,9H,2-3,5H2,1H3. The molecule has 2 aromatic heterocycles. The van der Waals surface area contributed by atoms with Crippen molar-refractivity contribution in [2.24, 2.45) is 0 Å². The summed E-state index contributed by atoms with van der Waals surface area (Å²) in [5.74, 6) is 1.02. The summed E-state index contributed by atoms with van der Waals surface area (Å²) in [5.41, 5.74) is 0.822. The first-order chi connectivity index (χ1) is 7.75. The van der Waals surface area contributed by atoms with Gasteiger partial charge in [-0.3, -0.25) is 9.30 Å². The van der Waals surface area contributed by atoms with Crippen molar-refractivity contribution in [3.8, 4) is 0 Å². The molecule has 0 bridgehead atoms. The van der Waals surface area contributed by atoms with Gasteiger partial charge in [0.2, 0.25) is 0 Å². The maximum absolute atomic E-state index is 5.92. The first-order valence-electron chi connectivity index (χ1n) is 5.46. The number of pyridine rings is 1. The molecule has 16 heavy (non-hydrogen) atoms. The summed E-state index contributed by atoms with van der Waals surface area (Å²) >= 11 is 5.92. The van der Waals surface area contributed by atoms with Crippen LogP contribution in [0.3, 0.4) is 0 Å². The van der Waals surface area contributed by atoms with Crippen molar-refractivity contribution in [2.45, 2.75) is 18.9 Å². The normalized spacial score (nSPS) is 22.0. The molecule has 0 aromatic carbocycles. The van der Waals surface area contributed by atoms with Crippen LogP contribution in [0, 0.1) is 0 Å². The predicted molar refractivity (Wildman–Crippen MR) is 62.6 cm³/mol. The molecule has 1 fully saturated rings. The topological polar surface area (TPSA) is 33.4 Å². The Morgan fingerprint density at radius 1 is 1.44 bits per heavy atom. The van der Waals surface area contributed by atoms with Gasteiger partial charge in [0, 0.05) is 17.3 Å². The van der Waals surface area contributed by atoms with E-state index in [1.165, 1.54) is 6.42 Å². The zero-order valence-electron chi connectivity index (χ0n) is 9.10. The summed E-state index contributed by atoms with van der Waals surface area (Å²) in [6, 6.07) is 4.10. The zero-order chi connectivity index (χ0) is 11.1. The van der Waals surface area contributed by atoms with Crippen LogP contribution in [0.15, 0.2) is 18.3 Å². The van der Waals surface area contributed by atoms with Crippen LogP contribution in [0.4, 0.5) is 0 Å². The largest absolute Gasteiger partial charge is 0.296 e. The Hall–Kier alpha value is -1.13. The summed E-state index contributed by atoms with van der Waals surface area (Å²) in [4.78, 5) is 2.32. The van der Waals surface area contributed by atoms with E-state index < -0.39 is 0 Å². The van der Waals surface area contributed by atoms with Crippen LogP contribution < -0.4 is 0 Å². The minimum atomic E-state index is 0.385. The monoisotopic (exact) mass is 236 g/mol. The SMILES string of the molecule is CN1CCCC1c1nnc2cc(Cl)ccn12. The van der Waals surface area contributed by atoms with Crippen molar-refractivity contribution in [1.82, 2.24) is 19.5 Å². The fraction of sp³-hybridized carbons (Fsp3) is 0.455. The van der Waals surface area contributed by atoms with Gasteiger partial charge in [-0.05, 0) is 32.5 Å². The molecular formula is C11H13ClN4. The Morgan fingerprint density at radius 3 is 3.06 bits per heavy atom. The molecular weight excluding hydrogens is 224 g/mol. The Morgan fingerprint density at radius 2 is 2.31 bits per heavy atom. The molecule has 3 rings (SSSR count). The van der Waals surface area contributed by atoms with Gasteiger partial charge in [0.15, 0.2) is 11.5 Å². The second kappa shape index (κ2) is 3.71. The Balaban J connectivity index is 2.10. The van der Waals surface area contributed by atoms with Crippen molar-refractivity contribution in [1.29, 1.82) is 0 Å². The van der Waals surface area contributed by atoms with Crippen molar-refractivity contribution in [3.05, 3.63) is 29.2 Å². The number of likely N-dealkylation sites (tertiary alicyclic amines) is 1. The third kappa shape index (κ3) is 1.49. The van der Waals surface area contributed by atoms with E-state index in [0.717, 1.165) is 24.4 Å². The van der Waals surface area contributed by atoms with Gasteiger partial charge < -0.3 is 0 Å². The lowest BCUT2D eigenvalue weighted by Gasteiger charge is -2.17. The summed E-state index contributed by atoms with van der Waals surface area (Å²) in [5, 5.41) is 9.14. The molecule has 5 heteroatoms. The van der Waals surface area contributed by atoms with E-state index in [9.17, 15) is 0 Å². The fourth-order valence-corrected chi connectivity index (χ4v) is 2.50. The maximum atomic E-state index is 5.92. The number of rotatable bonds is 1. The minimum absolute atomic E-state index is 0.385. The van der Waals surface area contributed by atoms with Crippen LogP contribution in [-0.2, 0) is 0 Å². The highest BCUT2D eigenvalue weighted by molar-refractivity contribution is 6.30. The van der Waals surface area contributed by atoms with Crippen molar-refractivity contribution in [3.63, 3.8) is 0 Å². The summed E-state index contributed by atoms with van der Waals surface area (Å²) in [6.07, 6.45) is 4.32. The van der Waals surface area contributed by atoms with Gasteiger partial charge in [-0.2, -0.15) is 0 Å². The second-order valence-corrected chi connectivity index (χ2v) is 4.71. The van der Waals surface area contributed by atoms with Crippen LogP contribution in [0.5, 0.6) is 0 Å². The maximum Gasteiger partial charge on any atom is 0.162 e. The molecule has 0 N–H and O–H groups in total. The Kier molecular flexibility index (Phi) is 2.33. The first-order valence-corrected chi connectivity index (χ1v) is 5.84. The van der Waals surface area contributed by atoms with E-state index >= 15 is 0 Å². The molecule has 1 unspecified atom stereocenters. The number of fused-ring (bicyclic) bond motifs is 1. The number of halogens is 1. The van der Waals surface area contributed by atoms with Gasteiger partial charge in [0.1, 0.15) is 0 Å². The molecule has 2 aromatic rings. The van der Waals surface area contributed by atoms with E-state index in [4.69, 9.17) is 11.6 Å². The quantitative estimate of drug-likeness (QED) is 0.761. The van der Waals surface area contributed by atoms with Gasteiger partial charge in [0.05, 0.1) is 6.04 Å². The summed E-state index contributed by atoms with van der Waals surface area (Å²) in [6.45, 7) is 1.13. The average molecular weight is 237 g/mol. The van der Waals surface area contributed by atoms with Crippen LogP contribution >= 0.6 is 11.6 Å². The minimum Gasteiger partial charge on any atom is -0.296 e. The molecule has 1 saturated heterocycles. The molecule has 1 aliphatic rings. The van der Waals surface area contributed by atoms with Gasteiger partial charge in [-0.1, -0.05) is 11.6 Å². The zero-order valence-corrected chi connectivity index (χ0v) is 9.85. The van der Waals surface area contributed by atoms with E-state index in [0.29, 0.717) is 11.1 Å². The highest BCUT2D eigenvalue weighted by atomic mass is 35.5. The van der Waals surface area contributed by atoms with Crippen molar-refractivity contribution < 1.29 is 0 Å². The molecule has 0 saturated carbocycles. The van der Waals surface area contributed by atoms with Gasteiger partial charge in [0.25, 0.3) is 0 Å². The van der Waals surface area contributed by atoms with Gasteiger partial charge in [-0.25, -0.2) is 0 Å². The van der Waals surface area contributed by atoms with Crippen molar-refractivity contribution in [2.75, 3.05) is 13.6 Å². The average Bonchev–Trinajstić information content (AvgIpc) is 2.83. The highest BCUT2D eigenvalue weighted by Crippen LogP contribution is 2.29. The third-order valence-electron chi connectivity index (χ3n) is 3.22. The van der Waals surface area contributed by atoms with Crippen LogP contribution in [0.1, 0.15) is 24.7 Å². The summed E-state index contributed by atoms with van der Waals surface area (Å²) in [7, 11) is 2.13. The van der Waals surface area contributed by atoms with Crippen molar-refractivity contribution >= 4 is 17.2 Å². The van der Waals surface area contributed by atoms with E-state index in [1.807, 2.05) is 22.7 Å². The lowest BCUT2D eigenvalue weighted by Crippen LogP contribution is -2.19. The third-order valence-corrected chi connectivity index (χ3v) is 3.45. The number of hydrogen-bond donors (Lipinski definition) is 0. The highest BCUT2D eigenvalue weighted by Gasteiger charge is 2.26. The molecule has 1 atom stereocenters. The Labute approximate surface area is 98.8 Å². The fourth-order valence-electron chi connectivity index (χ4n) is 2.35. The van der Waals surface area contributed by atoms with Gasteiger partial charge in [-0.15, -0.1) is 10.2 Å². The van der Waals surface area contributed by atoms with E-state index in [2.05, 4.69) is 22.1 Å². The van der Waals surface area contributed by atoms with Crippen LogP contribution in [0.25, 0.3) is 5.65 Å². The second-order valence-electron chi connectivity index (χ2n) is 4.27. The van der Waals surface area contributed by atoms with Crippen LogP contribution in [-0.4, -0.2) is 33.1 Å². The van der Waals surface area contributed by atoms with Gasteiger partial charge >= 0.3 is 0 Å². The molecule has 1 aliphatic heterocycles. The number of nitrogens with zero attached hydrogens (tertiary/aromatic N) is 4. The molecule has 3 heterocycles. The van der Waals surface area contributed by atoms with E-state index in [-0.39, 0.29) is 0 Å². The molecule has 4 nitrogen and oxygen atoms in total. The Bertz CT molecular complexity index is 522. The lowest BCUT2D eigenvalue weighted by atomic mass is 10.2. The predicted octanol–water partition coefficient (Wildman–Crippen LogP) is 2.15. The number of hydrogen-bond acceptors (Lipinski definition) is 3. The summed E-state index contributed by atoms with van der Waals surface area (Å²) < 4.78 is 2.03. The first kappa shape index (κ1) is 10.1. The molecule has 0 amide bonds. The van der Waals surface area contributed by atoms with E-state index in [1.54, 1.807) is 0 Å². The lowest BCUT2D eigenvalue weighted by molar-refractivity contribution is 0.304. The molecule has 0 radical (unpaired) electrons. The molecule has 84 valence electrons. The molecule has 0 aliphatic carbocycles. The number of aromatic nitrogens is 3. The smallest absolute Gasteiger partial charge is 0.162 e.